The molecular formula is C47H28N4O. The van der Waals surface area contributed by atoms with E-state index in [1.54, 1.807) is 0 Å². The maximum absolute atomic E-state index is 10.5. The van der Waals surface area contributed by atoms with Crippen LogP contribution in [0.4, 0.5) is 0 Å². The summed E-state index contributed by atoms with van der Waals surface area (Å²) in [6, 6.07) is 60.2. The standard InChI is InChI=1S/C47H28N4O/c48-29-34-27-43-41(47(40-21-11-12-22-42(40)52-43)38-19-9-7-17-35(38)36-18-8-10-20-39(36)47)28-37(34)30-23-25-33(26-24-30)46-50-44(31-13-3-1-4-14-31)49-45(51-46)32-15-5-2-6-16-32/h1-28H. The van der Waals surface area contributed by atoms with Crippen molar-refractivity contribution in [1.29, 1.82) is 5.26 Å². The Morgan fingerprint density at radius 1 is 0.404 bits per heavy atom. The van der Waals surface area contributed by atoms with E-state index < -0.39 is 5.41 Å². The van der Waals surface area contributed by atoms with Gasteiger partial charge in [-0.2, -0.15) is 5.26 Å². The maximum Gasteiger partial charge on any atom is 0.164 e. The number of ether oxygens (including phenoxy) is 1. The molecule has 8 aromatic rings. The summed E-state index contributed by atoms with van der Waals surface area (Å²) in [5.74, 6) is 3.28. The topological polar surface area (TPSA) is 71.7 Å². The van der Waals surface area contributed by atoms with Gasteiger partial charge in [-0.05, 0) is 46.0 Å². The normalized spacial score (nSPS) is 12.9. The minimum Gasteiger partial charge on any atom is -0.457 e. The first-order chi connectivity index (χ1) is 25.7. The number of hydrogen-bond donors (Lipinski definition) is 0. The van der Waals surface area contributed by atoms with Gasteiger partial charge in [-0.15, -0.1) is 0 Å². The molecule has 242 valence electrons. The van der Waals surface area contributed by atoms with Crippen LogP contribution in [-0.4, -0.2) is 15.0 Å². The monoisotopic (exact) mass is 664 g/mol. The van der Waals surface area contributed by atoms with Gasteiger partial charge in [-0.1, -0.05) is 152 Å². The number of aromatic nitrogens is 3. The van der Waals surface area contributed by atoms with E-state index in [2.05, 4.69) is 72.8 Å². The molecule has 0 unspecified atom stereocenters. The minimum atomic E-state index is -0.618. The molecule has 1 aliphatic carbocycles. The molecule has 0 bridgehead atoms. The molecule has 10 rings (SSSR count). The predicted octanol–water partition coefficient (Wildman–Crippen LogP) is 10.9. The van der Waals surface area contributed by atoms with Crippen LogP contribution in [0.5, 0.6) is 11.5 Å². The van der Waals surface area contributed by atoms with Crippen molar-refractivity contribution in [3.8, 4) is 74.0 Å². The number of hydrogen-bond acceptors (Lipinski definition) is 5. The van der Waals surface area contributed by atoms with Crippen molar-refractivity contribution in [2.45, 2.75) is 5.41 Å². The third-order valence-electron chi connectivity index (χ3n) is 10.3. The molecule has 0 radical (unpaired) electrons. The Bertz CT molecular complexity index is 2610. The summed E-state index contributed by atoms with van der Waals surface area (Å²) in [6.07, 6.45) is 0. The molecule has 5 nitrogen and oxygen atoms in total. The van der Waals surface area contributed by atoms with Gasteiger partial charge < -0.3 is 4.74 Å². The molecule has 0 atom stereocenters. The van der Waals surface area contributed by atoms with Gasteiger partial charge in [-0.3, -0.25) is 0 Å². The van der Waals surface area contributed by atoms with Crippen LogP contribution in [0.25, 0.3) is 56.4 Å². The molecule has 2 heterocycles. The van der Waals surface area contributed by atoms with E-state index >= 15 is 0 Å². The quantitative estimate of drug-likeness (QED) is 0.187. The molecule has 1 aliphatic heterocycles. The van der Waals surface area contributed by atoms with Crippen molar-refractivity contribution < 1.29 is 4.74 Å². The highest BCUT2D eigenvalue weighted by Gasteiger charge is 2.51. The molecule has 0 saturated heterocycles. The molecule has 52 heavy (non-hydrogen) atoms. The largest absolute Gasteiger partial charge is 0.457 e. The van der Waals surface area contributed by atoms with Gasteiger partial charge in [0.05, 0.1) is 17.0 Å². The first-order valence-electron chi connectivity index (χ1n) is 17.3. The zero-order valence-corrected chi connectivity index (χ0v) is 27.9. The van der Waals surface area contributed by atoms with Gasteiger partial charge in [-0.25, -0.2) is 15.0 Å². The lowest BCUT2D eigenvalue weighted by Gasteiger charge is -2.39. The molecule has 0 fully saturated rings. The average Bonchev–Trinajstić information content (AvgIpc) is 3.51. The number of fused-ring (bicyclic) bond motifs is 9. The van der Waals surface area contributed by atoms with Crippen LogP contribution in [0.1, 0.15) is 27.8 Å². The fraction of sp³-hybridized carbons (Fsp3) is 0.0213. The molecule has 5 heteroatoms. The van der Waals surface area contributed by atoms with E-state index in [0.29, 0.717) is 28.8 Å². The lowest BCUT2D eigenvalue weighted by atomic mass is 9.65. The highest BCUT2D eigenvalue weighted by molar-refractivity contribution is 5.90. The maximum atomic E-state index is 10.5. The summed E-state index contributed by atoms with van der Waals surface area (Å²) in [7, 11) is 0. The van der Waals surface area contributed by atoms with E-state index in [4.69, 9.17) is 19.7 Å². The van der Waals surface area contributed by atoms with Crippen LogP contribution in [0.2, 0.25) is 0 Å². The second kappa shape index (κ2) is 11.7. The summed E-state index contributed by atoms with van der Waals surface area (Å²) in [6.45, 7) is 0. The lowest BCUT2D eigenvalue weighted by Crippen LogP contribution is -2.32. The molecule has 2 aliphatic rings. The van der Waals surface area contributed by atoms with E-state index in [0.717, 1.165) is 44.7 Å². The highest BCUT2D eigenvalue weighted by atomic mass is 16.5. The van der Waals surface area contributed by atoms with Crippen molar-refractivity contribution in [3.63, 3.8) is 0 Å². The molecule has 0 saturated carbocycles. The van der Waals surface area contributed by atoms with Crippen molar-refractivity contribution in [2.75, 3.05) is 0 Å². The summed E-state index contributed by atoms with van der Waals surface area (Å²) >= 11 is 0. The average molecular weight is 665 g/mol. The molecular weight excluding hydrogens is 637 g/mol. The molecule has 1 spiro atoms. The minimum absolute atomic E-state index is 0.540. The molecule has 0 N–H and O–H groups in total. The van der Waals surface area contributed by atoms with Gasteiger partial charge in [0.1, 0.15) is 11.5 Å². The first-order valence-corrected chi connectivity index (χ1v) is 17.3. The second-order valence-corrected chi connectivity index (χ2v) is 13.1. The van der Waals surface area contributed by atoms with Gasteiger partial charge in [0, 0.05) is 33.4 Å². The third kappa shape index (κ3) is 4.45. The fourth-order valence-corrected chi connectivity index (χ4v) is 7.97. The van der Waals surface area contributed by atoms with E-state index in [1.807, 2.05) is 103 Å². The highest BCUT2D eigenvalue weighted by Crippen LogP contribution is 2.62. The number of nitrogens with zero attached hydrogens (tertiary/aromatic N) is 4. The predicted molar refractivity (Wildman–Crippen MR) is 204 cm³/mol. The lowest BCUT2D eigenvalue weighted by molar-refractivity contribution is 0.436. The van der Waals surface area contributed by atoms with Crippen LogP contribution >= 0.6 is 0 Å². The van der Waals surface area contributed by atoms with Crippen LogP contribution in [0.3, 0.4) is 0 Å². The molecule has 0 amide bonds. The Balaban J connectivity index is 1.14. The first kappa shape index (κ1) is 29.7. The van der Waals surface area contributed by atoms with E-state index in [9.17, 15) is 5.26 Å². The number of para-hydroxylation sites is 1. The van der Waals surface area contributed by atoms with E-state index in [1.165, 1.54) is 22.3 Å². The van der Waals surface area contributed by atoms with Crippen LogP contribution < -0.4 is 4.74 Å². The molecule has 1 aromatic heterocycles. The van der Waals surface area contributed by atoms with Crippen LogP contribution in [0, 0.1) is 11.3 Å². The SMILES string of the molecule is N#Cc1cc2c(cc1-c1ccc(-c3nc(-c4ccccc4)nc(-c4ccccc4)n3)cc1)C1(c3ccccc3O2)c2ccccc2-c2ccccc21. The zero-order chi connectivity index (χ0) is 34.6. The summed E-state index contributed by atoms with van der Waals surface area (Å²) in [4.78, 5) is 14.7. The van der Waals surface area contributed by atoms with Crippen molar-refractivity contribution in [3.05, 3.63) is 198 Å². The van der Waals surface area contributed by atoms with E-state index in [-0.39, 0.29) is 0 Å². The second-order valence-electron chi connectivity index (χ2n) is 13.1. The zero-order valence-electron chi connectivity index (χ0n) is 27.9. The van der Waals surface area contributed by atoms with Gasteiger partial charge >= 0.3 is 0 Å². The molecule has 7 aromatic carbocycles. The Morgan fingerprint density at radius 2 is 0.865 bits per heavy atom. The smallest absolute Gasteiger partial charge is 0.164 e. The number of rotatable bonds is 4. The number of benzene rings is 7. The Hall–Kier alpha value is -7.16. The van der Waals surface area contributed by atoms with Crippen LogP contribution in [0.15, 0.2) is 170 Å². The summed E-state index contributed by atoms with van der Waals surface area (Å²) in [5, 5.41) is 10.5. The van der Waals surface area contributed by atoms with Gasteiger partial charge in [0.25, 0.3) is 0 Å². The number of nitriles is 1. The Labute approximate surface area is 301 Å². The van der Waals surface area contributed by atoms with Crippen LogP contribution in [-0.2, 0) is 5.41 Å². The summed E-state index contributed by atoms with van der Waals surface area (Å²) in [5.41, 5.74) is 11.3. The van der Waals surface area contributed by atoms with Crippen molar-refractivity contribution in [2.24, 2.45) is 0 Å². The van der Waals surface area contributed by atoms with Gasteiger partial charge in [0.2, 0.25) is 0 Å². The van der Waals surface area contributed by atoms with Gasteiger partial charge in [0.15, 0.2) is 17.5 Å². The summed E-state index contributed by atoms with van der Waals surface area (Å²) < 4.78 is 6.63. The fourth-order valence-electron chi connectivity index (χ4n) is 7.97. The third-order valence-corrected chi connectivity index (χ3v) is 10.3. The van der Waals surface area contributed by atoms with Crippen molar-refractivity contribution in [1.82, 2.24) is 15.0 Å². The van der Waals surface area contributed by atoms with Crippen molar-refractivity contribution >= 4 is 0 Å². The Kier molecular flexibility index (Phi) is 6.70. The Morgan fingerprint density at radius 3 is 1.42 bits per heavy atom.